The van der Waals surface area contributed by atoms with Crippen molar-refractivity contribution in [2.75, 3.05) is 12.4 Å². The number of carbonyl (C=O) groups is 2. The van der Waals surface area contributed by atoms with Crippen LogP contribution in [0.1, 0.15) is 26.3 Å². The highest BCUT2D eigenvalue weighted by atomic mass is 35.5. The van der Waals surface area contributed by atoms with Gasteiger partial charge in [-0.15, -0.1) is 0 Å². The number of amides is 1. The van der Waals surface area contributed by atoms with Crippen molar-refractivity contribution in [3.63, 3.8) is 0 Å². The smallest absolute Gasteiger partial charge is 0.339 e. The van der Waals surface area contributed by atoms with Gasteiger partial charge in [-0.1, -0.05) is 35.3 Å². The molecule has 0 spiro atoms. The largest absolute Gasteiger partial charge is 0.465 e. The van der Waals surface area contributed by atoms with Crippen LogP contribution in [0.4, 0.5) is 5.69 Å². The van der Waals surface area contributed by atoms with Gasteiger partial charge in [-0.25, -0.2) is 9.78 Å². The number of carbonyl (C=O) groups excluding carboxylic acids is 2. The summed E-state index contributed by atoms with van der Waals surface area (Å²) in [6.45, 7) is 1.85. The monoisotopic (exact) mass is 481 g/mol. The van der Waals surface area contributed by atoms with E-state index in [0.29, 0.717) is 27.9 Å². The number of hydrogen-bond acceptors (Lipinski definition) is 6. The SMILES string of the molecule is COC(=O)c1ccc(Oc2c(C)cnc3c(NC(=O)c4c(Cl)cccc4Cl)cccc23)nc1. The summed E-state index contributed by atoms with van der Waals surface area (Å²) in [4.78, 5) is 33.1. The van der Waals surface area contributed by atoms with Gasteiger partial charge < -0.3 is 14.8 Å². The minimum absolute atomic E-state index is 0.177. The summed E-state index contributed by atoms with van der Waals surface area (Å²) < 4.78 is 10.7. The van der Waals surface area contributed by atoms with Crippen molar-refractivity contribution in [1.82, 2.24) is 9.97 Å². The zero-order valence-corrected chi connectivity index (χ0v) is 19.1. The Morgan fingerprint density at radius 1 is 0.939 bits per heavy atom. The van der Waals surface area contributed by atoms with Gasteiger partial charge >= 0.3 is 5.97 Å². The van der Waals surface area contributed by atoms with Crippen molar-refractivity contribution in [2.45, 2.75) is 6.92 Å². The number of methoxy groups -OCH3 is 1. The molecule has 7 nitrogen and oxygen atoms in total. The molecule has 0 bridgehead atoms. The number of aryl methyl sites for hydroxylation is 1. The minimum atomic E-state index is -0.487. The van der Waals surface area contributed by atoms with Gasteiger partial charge in [-0.2, -0.15) is 0 Å². The molecule has 0 aliphatic rings. The summed E-state index contributed by atoms with van der Waals surface area (Å²) in [7, 11) is 1.30. The first-order valence-corrected chi connectivity index (χ1v) is 10.5. The number of rotatable bonds is 5. The van der Waals surface area contributed by atoms with E-state index >= 15 is 0 Å². The molecule has 9 heteroatoms. The van der Waals surface area contributed by atoms with Crippen LogP contribution >= 0.6 is 23.2 Å². The number of ether oxygens (including phenoxy) is 2. The highest BCUT2D eigenvalue weighted by molar-refractivity contribution is 6.40. The molecule has 0 fully saturated rings. The fraction of sp³-hybridized carbons (Fsp3) is 0.0833. The van der Waals surface area contributed by atoms with E-state index in [1.807, 2.05) is 13.0 Å². The second-order valence-electron chi connectivity index (χ2n) is 7.00. The first-order valence-electron chi connectivity index (χ1n) is 9.75. The number of anilines is 1. The summed E-state index contributed by atoms with van der Waals surface area (Å²) >= 11 is 12.3. The standard InChI is InChI=1S/C24H17Cl2N3O4/c1-13-11-28-21-15(22(13)33-19-10-9-14(12-27-19)24(31)32-2)5-3-8-18(21)29-23(30)20-16(25)6-4-7-17(20)26/h3-12H,1-2H3,(H,29,30). The number of hydrogen-bond donors (Lipinski definition) is 1. The lowest BCUT2D eigenvalue weighted by Gasteiger charge is -2.14. The van der Waals surface area contributed by atoms with Crippen molar-refractivity contribution in [2.24, 2.45) is 0 Å². The molecule has 2 aromatic heterocycles. The van der Waals surface area contributed by atoms with E-state index in [-0.39, 0.29) is 21.5 Å². The molecule has 0 atom stereocenters. The van der Waals surface area contributed by atoms with Crippen LogP contribution in [0.2, 0.25) is 10.0 Å². The maximum Gasteiger partial charge on any atom is 0.339 e. The Morgan fingerprint density at radius 2 is 1.67 bits per heavy atom. The second-order valence-corrected chi connectivity index (χ2v) is 7.82. The van der Waals surface area contributed by atoms with Gasteiger partial charge in [0, 0.05) is 29.4 Å². The van der Waals surface area contributed by atoms with Crippen molar-refractivity contribution in [3.05, 3.63) is 87.7 Å². The third-order valence-corrected chi connectivity index (χ3v) is 5.46. The molecule has 0 radical (unpaired) electrons. The Morgan fingerprint density at radius 3 is 2.33 bits per heavy atom. The van der Waals surface area contributed by atoms with Gasteiger partial charge in [0.15, 0.2) is 0 Å². The maximum atomic E-state index is 12.9. The third-order valence-electron chi connectivity index (χ3n) is 4.83. The van der Waals surface area contributed by atoms with E-state index in [1.54, 1.807) is 48.7 Å². The first kappa shape index (κ1) is 22.5. The van der Waals surface area contributed by atoms with Crippen molar-refractivity contribution in [1.29, 1.82) is 0 Å². The van der Waals surface area contributed by atoms with Crippen molar-refractivity contribution in [3.8, 4) is 11.6 Å². The van der Waals surface area contributed by atoms with Crippen LogP contribution in [-0.4, -0.2) is 29.0 Å². The van der Waals surface area contributed by atoms with E-state index in [0.717, 1.165) is 5.56 Å². The van der Waals surface area contributed by atoms with E-state index < -0.39 is 11.9 Å². The number of benzene rings is 2. The molecule has 0 aliphatic carbocycles. The van der Waals surface area contributed by atoms with Crippen molar-refractivity contribution >= 4 is 51.7 Å². The van der Waals surface area contributed by atoms with Crippen LogP contribution < -0.4 is 10.1 Å². The van der Waals surface area contributed by atoms with Crippen LogP contribution in [0.15, 0.2) is 60.9 Å². The van der Waals surface area contributed by atoms with E-state index in [1.165, 1.54) is 13.3 Å². The molecule has 4 aromatic rings. The molecule has 2 heterocycles. The molecule has 0 saturated carbocycles. The number of halogens is 2. The van der Waals surface area contributed by atoms with E-state index in [2.05, 4.69) is 20.0 Å². The summed E-state index contributed by atoms with van der Waals surface area (Å²) in [6.07, 6.45) is 3.01. The molecule has 0 unspecified atom stereocenters. The quantitative estimate of drug-likeness (QED) is 0.347. The lowest BCUT2D eigenvalue weighted by Crippen LogP contribution is -2.13. The number of fused-ring (bicyclic) bond motifs is 1. The van der Waals surface area contributed by atoms with Crippen LogP contribution in [0.25, 0.3) is 10.9 Å². The highest BCUT2D eigenvalue weighted by Gasteiger charge is 2.18. The fourth-order valence-electron chi connectivity index (χ4n) is 3.22. The zero-order valence-electron chi connectivity index (χ0n) is 17.6. The minimum Gasteiger partial charge on any atom is -0.465 e. The maximum absolute atomic E-state index is 12.9. The predicted octanol–water partition coefficient (Wildman–Crippen LogP) is 6.08. The summed E-state index contributed by atoms with van der Waals surface area (Å²) in [6, 6.07) is 13.3. The average molecular weight is 482 g/mol. The van der Waals surface area contributed by atoms with Gasteiger partial charge in [0.25, 0.3) is 5.91 Å². The van der Waals surface area contributed by atoms with Gasteiger partial charge in [-0.05, 0) is 37.3 Å². The molecule has 2 aromatic carbocycles. The number of esters is 1. The Bertz CT molecular complexity index is 1350. The summed E-state index contributed by atoms with van der Waals surface area (Å²) in [5.74, 6) is -0.137. The van der Waals surface area contributed by atoms with E-state index in [4.69, 9.17) is 27.9 Å². The van der Waals surface area contributed by atoms with Crippen LogP contribution in [0.3, 0.4) is 0 Å². The number of para-hydroxylation sites is 1. The Hall–Kier alpha value is -3.68. The van der Waals surface area contributed by atoms with Crippen molar-refractivity contribution < 1.29 is 19.1 Å². The number of pyridine rings is 2. The molecule has 0 aliphatic heterocycles. The Labute approximate surface area is 199 Å². The van der Waals surface area contributed by atoms with Crippen LogP contribution in [0, 0.1) is 6.92 Å². The predicted molar refractivity (Wildman–Crippen MR) is 127 cm³/mol. The molecule has 1 amide bonds. The van der Waals surface area contributed by atoms with Gasteiger partial charge in [0.05, 0.1) is 39.5 Å². The molecule has 0 saturated heterocycles. The lowest BCUT2D eigenvalue weighted by molar-refractivity contribution is 0.0600. The highest BCUT2D eigenvalue weighted by Crippen LogP contribution is 2.35. The third kappa shape index (κ3) is 4.60. The first-order chi connectivity index (χ1) is 15.9. The molecule has 1 N–H and O–H groups in total. The number of aromatic nitrogens is 2. The second kappa shape index (κ2) is 9.44. The van der Waals surface area contributed by atoms with Crippen LogP contribution in [0.5, 0.6) is 11.6 Å². The van der Waals surface area contributed by atoms with E-state index in [9.17, 15) is 9.59 Å². The fourth-order valence-corrected chi connectivity index (χ4v) is 3.79. The molecular formula is C24H17Cl2N3O4. The lowest BCUT2D eigenvalue weighted by atomic mass is 10.1. The Balaban J connectivity index is 1.69. The van der Waals surface area contributed by atoms with Gasteiger partial charge in [0.2, 0.25) is 5.88 Å². The van der Waals surface area contributed by atoms with Gasteiger partial charge in [0.1, 0.15) is 5.75 Å². The molecular weight excluding hydrogens is 465 g/mol. The number of nitrogens with zero attached hydrogens (tertiary/aromatic N) is 2. The molecule has 4 rings (SSSR count). The topological polar surface area (TPSA) is 90.4 Å². The average Bonchev–Trinajstić information content (AvgIpc) is 2.81. The van der Waals surface area contributed by atoms with Crippen LogP contribution in [-0.2, 0) is 4.74 Å². The normalized spacial score (nSPS) is 10.7. The number of nitrogens with one attached hydrogen (secondary N) is 1. The Kier molecular flexibility index (Phi) is 6.44. The zero-order chi connectivity index (χ0) is 23.5. The summed E-state index contributed by atoms with van der Waals surface area (Å²) in [5, 5.41) is 3.98. The summed E-state index contributed by atoms with van der Waals surface area (Å²) in [5.41, 5.74) is 2.23. The van der Waals surface area contributed by atoms with Gasteiger partial charge in [-0.3, -0.25) is 9.78 Å². The molecule has 33 heavy (non-hydrogen) atoms. The molecule has 166 valence electrons.